The number of aromatic nitrogens is 1. The largest absolute Gasteiger partial charge is 0.471 e. The monoisotopic (exact) mass is 376 g/mol. The van der Waals surface area contributed by atoms with Gasteiger partial charge in [-0.3, -0.25) is 4.79 Å². The van der Waals surface area contributed by atoms with E-state index in [4.69, 9.17) is 25.8 Å². The van der Waals surface area contributed by atoms with Crippen molar-refractivity contribution in [2.24, 2.45) is 0 Å². The predicted octanol–water partition coefficient (Wildman–Crippen LogP) is 2.94. The molecule has 2 aromatic rings. The number of nitrogens with zero attached hydrogens (tertiary/aromatic N) is 1. The molecule has 0 bridgehead atoms. The number of benzene rings is 1. The lowest BCUT2D eigenvalue weighted by molar-refractivity contribution is 0.0602. The van der Waals surface area contributed by atoms with Gasteiger partial charge in [0.1, 0.15) is 11.1 Å². The molecule has 0 spiro atoms. The van der Waals surface area contributed by atoms with Crippen LogP contribution >= 0.6 is 11.6 Å². The molecule has 1 N–H and O–H groups in total. The fourth-order valence-corrected chi connectivity index (χ4v) is 2.69. The highest BCUT2D eigenvalue weighted by Gasteiger charge is 2.20. The molecule has 1 aliphatic rings. The third kappa shape index (κ3) is 4.12. The van der Waals surface area contributed by atoms with Gasteiger partial charge in [-0.2, -0.15) is 0 Å². The summed E-state index contributed by atoms with van der Waals surface area (Å²) >= 11 is 6.18. The van der Waals surface area contributed by atoms with E-state index in [1.165, 1.54) is 19.4 Å². The average molecular weight is 377 g/mol. The molecule has 0 radical (unpaired) electrons. The van der Waals surface area contributed by atoms with Crippen molar-refractivity contribution in [2.45, 2.75) is 12.5 Å². The van der Waals surface area contributed by atoms with Gasteiger partial charge in [-0.15, -0.1) is 0 Å². The SMILES string of the molecule is COC(=O)c1ccccc1NC(=O)c1cnc(O[C@@H]2CCOC2)c(Cl)c1. The van der Waals surface area contributed by atoms with E-state index in [1.807, 2.05) is 0 Å². The van der Waals surface area contributed by atoms with Crippen LogP contribution in [0.15, 0.2) is 36.5 Å². The van der Waals surface area contributed by atoms with Crippen LogP contribution in [-0.4, -0.2) is 43.3 Å². The second-order valence-electron chi connectivity index (χ2n) is 5.61. The fourth-order valence-electron chi connectivity index (χ4n) is 2.47. The van der Waals surface area contributed by atoms with Crippen molar-refractivity contribution in [3.8, 4) is 5.88 Å². The summed E-state index contributed by atoms with van der Waals surface area (Å²) in [5, 5.41) is 2.89. The van der Waals surface area contributed by atoms with Crippen LogP contribution in [0, 0.1) is 0 Å². The van der Waals surface area contributed by atoms with Gasteiger partial charge in [0.2, 0.25) is 5.88 Å². The first kappa shape index (κ1) is 18.2. The van der Waals surface area contributed by atoms with E-state index in [1.54, 1.807) is 24.3 Å². The first-order chi connectivity index (χ1) is 12.6. The quantitative estimate of drug-likeness (QED) is 0.807. The summed E-state index contributed by atoms with van der Waals surface area (Å²) in [6, 6.07) is 8.02. The maximum atomic E-state index is 12.5. The number of anilines is 1. The lowest BCUT2D eigenvalue weighted by Crippen LogP contribution is -2.18. The molecule has 8 heteroatoms. The second kappa shape index (κ2) is 8.16. The van der Waals surface area contributed by atoms with E-state index in [9.17, 15) is 9.59 Å². The number of methoxy groups -OCH3 is 1. The number of nitrogens with one attached hydrogen (secondary N) is 1. The van der Waals surface area contributed by atoms with Crippen molar-refractivity contribution >= 4 is 29.2 Å². The normalized spacial score (nSPS) is 16.2. The van der Waals surface area contributed by atoms with Crippen molar-refractivity contribution in [2.75, 3.05) is 25.6 Å². The Labute approximate surface area is 155 Å². The zero-order valence-corrected chi connectivity index (χ0v) is 14.8. The average Bonchev–Trinajstić information content (AvgIpc) is 3.16. The van der Waals surface area contributed by atoms with Gasteiger partial charge < -0.3 is 19.5 Å². The Bertz CT molecular complexity index is 821. The number of hydrogen-bond donors (Lipinski definition) is 1. The Morgan fingerprint density at radius 1 is 1.35 bits per heavy atom. The van der Waals surface area contributed by atoms with E-state index in [2.05, 4.69) is 10.3 Å². The molecule has 136 valence electrons. The first-order valence-electron chi connectivity index (χ1n) is 7.97. The number of rotatable bonds is 5. The highest BCUT2D eigenvalue weighted by Crippen LogP contribution is 2.26. The second-order valence-corrected chi connectivity index (χ2v) is 6.01. The van der Waals surface area contributed by atoms with E-state index >= 15 is 0 Å². The summed E-state index contributed by atoms with van der Waals surface area (Å²) in [6.07, 6.45) is 2.05. The van der Waals surface area contributed by atoms with E-state index in [0.29, 0.717) is 18.9 Å². The minimum atomic E-state index is -0.542. The van der Waals surface area contributed by atoms with E-state index in [0.717, 1.165) is 6.42 Å². The number of hydrogen-bond acceptors (Lipinski definition) is 6. The molecule has 3 rings (SSSR count). The molecule has 1 aromatic carbocycles. The summed E-state index contributed by atoms with van der Waals surface area (Å²) < 4.78 is 15.6. The van der Waals surface area contributed by atoms with Crippen molar-refractivity contribution in [3.05, 3.63) is 52.7 Å². The standard InChI is InChI=1S/C18H17ClN2O5/c1-24-18(23)13-4-2-3-5-15(13)21-16(22)11-8-14(19)17(20-9-11)26-12-6-7-25-10-12/h2-5,8-9,12H,6-7,10H2,1H3,(H,21,22)/t12-/m1/s1. The molecule has 0 saturated carbocycles. The number of carbonyl (C=O) groups excluding carboxylic acids is 2. The highest BCUT2D eigenvalue weighted by atomic mass is 35.5. The fraction of sp³-hybridized carbons (Fsp3) is 0.278. The number of para-hydroxylation sites is 1. The zero-order valence-electron chi connectivity index (χ0n) is 14.0. The van der Waals surface area contributed by atoms with Gasteiger partial charge in [0.25, 0.3) is 5.91 Å². The van der Waals surface area contributed by atoms with E-state index < -0.39 is 11.9 Å². The van der Waals surface area contributed by atoms with Crippen LogP contribution in [-0.2, 0) is 9.47 Å². The van der Waals surface area contributed by atoms with Crippen molar-refractivity contribution in [3.63, 3.8) is 0 Å². The maximum Gasteiger partial charge on any atom is 0.339 e. The number of halogens is 1. The number of carbonyl (C=O) groups is 2. The molecule has 1 aromatic heterocycles. The Kier molecular flexibility index (Phi) is 5.70. The van der Waals surface area contributed by atoms with Crippen LogP contribution in [0.4, 0.5) is 5.69 Å². The van der Waals surface area contributed by atoms with Crippen LogP contribution in [0.2, 0.25) is 5.02 Å². The molecule has 1 aliphatic heterocycles. The molecular weight excluding hydrogens is 360 g/mol. The molecule has 1 amide bonds. The van der Waals surface area contributed by atoms with E-state index in [-0.39, 0.29) is 28.1 Å². The molecular formula is C18H17ClN2O5. The van der Waals surface area contributed by atoms with Gasteiger partial charge in [0, 0.05) is 12.6 Å². The van der Waals surface area contributed by atoms with Gasteiger partial charge in [0.05, 0.1) is 37.1 Å². The minimum absolute atomic E-state index is 0.0911. The summed E-state index contributed by atoms with van der Waals surface area (Å²) in [7, 11) is 1.28. The van der Waals surface area contributed by atoms with Crippen molar-refractivity contribution in [1.82, 2.24) is 4.98 Å². The van der Waals surface area contributed by atoms with Crippen LogP contribution in [0.5, 0.6) is 5.88 Å². The molecule has 1 saturated heterocycles. The summed E-state index contributed by atoms with van der Waals surface area (Å²) in [4.78, 5) is 28.4. The summed E-state index contributed by atoms with van der Waals surface area (Å²) in [5.41, 5.74) is 0.831. The third-order valence-electron chi connectivity index (χ3n) is 3.82. The molecule has 1 fully saturated rings. The lowest BCUT2D eigenvalue weighted by Gasteiger charge is -2.13. The molecule has 0 unspecified atom stereocenters. The van der Waals surface area contributed by atoms with Crippen LogP contribution in [0.3, 0.4) is 0 Å². The third-order valence-corrected chi connectivity index (χ3v) is 4.09. The minimum Gasteiger partial charge on any atom is -0.471 e. The molecule has 2 heterocycles. The Morgan fingerprint density at radius 3 is 2.85 bits per heavy atom. The van der Waals surface area contributed by atoms with Gasteiger partial charge in [-0.05, 0) is 18.2 Å². The summed E-state index contributed by atoms with van der Waals surface area (Å²) in [5.74, 6) is -0.736. The van der Waals surface area contributed by atoms with Gasteiger partial charge >= 0.3 is 5.97 Å². The molecule has 7 nitrogen and oxygen atoms in total. The number of amides is 1. The maximum absolute atomic E-state index is 12.5. The zero-order chi connectivity index (χ0) is 18.5. The van der Waals surface area contributed by atoms with Crippen LogP contribution in [0.1, 0.15) is 27.1 Å². The van der Waals surface area contributed by atoms with Crippen LogP contribution < -0.4 is 10.1 Å². The first-order valence-corrected chi connectivity index (χ1v) is 8.35. The van der Waals surface area contributed by atoms with Gasteiger partial charge in [-0.1, -0.05) is 23.7 Å². The molecule has 26 heavy (non-hydrogen) atoms. The van der Waals surface area contributed by atoms with Crippen molar-refractivity contribution < 1.29 is 23.8 Å². The molecule has 1 atom stereocenters. The number of pyridine rings is 1. The topological polar surface area (TPSA) is 86.8 Å². The lowest BCUT2D eigenvalue weighted by atomic mass is 10.1. The number of ether oxygens (including phenoxy) is 3. The summed E-state index contributed by atoms with van der Waals surface area (Å²) in [6.45, 7) is 1.13. The van der Waals surface area contributed by atoms with Crippen molar-refractivity contribution in [1.29, 1.82) is 0 Å². The smallest absolute Gasteiger partial charge is 0.339 e. The van der Waals surface area contributed by atoms with Crippen LogP contribution in [0.25, 0.3) is 0 Å². The Balaban J connectivity index is 1.74. The Hall–Kier alpha value is -2.64. The predicted molar refractivity (Wildman–Crippen MR) is 94.8 cm³/mol. The Morgan fingerprint density at radius 2 is 2.15 bits per heavy atom. The number of esters is 1. The highest BCUT2D eigenvalue weighted by molar-refractivity contribution is 6.32. The molecule has 0 aliphatic carbocycles. The van der Waals surface area contributed by atoms with Gasteiger partial charge in [-0.25, -0.2) is 9.78 Å². The van der Waals surface area contributed by atoms with Gasteiger partial charge in [0.15, 0.2) is 0 Å².